The second-order valence-electron chi connectivity index (χ2n) is 12.5. The molecule has 6 nitrogen and oxygen atoms in total. The number of thiophene rings is 1. The van der Waals surface area contributed by atoms with Gasteiger partial charge in [-0.25, -0.2) is 4.79 Å². The van der Waals surface area contributed by atoms with Crippen molar-refractivity contribution in [1.82, 2.24) is 0 Å². The molecular formula is C31H43NO5S. The van der Waals surface area contributed by atoms with Crippen LogP contribution in [0.15, 0.2) is 17.7 Å². The smallest absolute Gasteiger partial charge is 0.348 e. The van der Waals surface area contributed by atoms with Gasteiger partial charge < -0.3 is 19.8 Å². The second-order valence-corrected chi connectivity index (χ2v) is 13.6. The lowest BCUT2D eigenvalue weighted by Gasteiger charge is -2.42. The number of hydrogen-bond acceptors (Lipinski definition) is 5. The van der Waals surface area contributed by atoms with E-state index < -0.39 is 11.6 Å². The monoisotopic (exact) mass is 541 g/mol. The maximum Gasteiger partial charge on any atom is 0.348 e. The molecule has 208 valence electrons. The lowest BCUT2D eigenvalue weighted by atomic mass is 9.81. The Morgan fingerprint density at radius 1 is 1.16 bits per heavy atom. The number of nitrogens with zero attached hydrogens (tertiary/aromatic N) is 1. The van der Waals surface area contributed by atoms with Gasteiger partial charge in [0.25, 0.3) is 0 Å². The quantitative estimate of drug-likeness (QED) is 0.302. The first-order valence-electron chi connectivity index (χ1n) is 14.2. The van der Waals surface area contributed by atoms with Gasteiger partial charge in [-0.2, -0.15) is 0 Å². The fourth-order valence-electron chi connectivity index (χ4n) is 5.78. The zero-order chi connectivity index (χ0) is 27.5. The number of aliphatic hydroxyl groups is 1. The van der Waals surface area contributed by atoms with E-state index in [-0.39, 0.29) is 34.3 Å². The Kier molecular flexibility index (Phi) is 9.07. The second kappa shape index (κ2) is 11.9. The molecular weight excluding hydrogens is 498 g/mol. The van der Waals surface area contributed by atoms with Gasteiger partial charge in [0.15, 0.2) is 0 Å². The summed E-state index contributed by atoms with van der Waals surface area (Å²) in [5, 5.41) is 21.4. The fraction of sp³-hybridized carbons (Fsp3) is 0.677. The van der Waals surface area contributed by atoms with E-state index in [9.17, 15) is 19.8 Å². The van der Waals surface area contributed by atoms with E-state index in [1.54, 1.807) is 11.0 Å². The third kappa shape index (κ3) is 7.28. The van der Waals surface area contributed by atoms with Crippen LogP contribution in [0, 0.1) is 23.2 Å². The predicted octanol–water partition coefficient (Wildman–Crippen LogP) is 6.56. The van der Waals surface area contributed by atoms with E-state index in [1.165, 1.54) is 18.4 Å². The number of allylic oxidation sites excluding steroid dienone is 2. The summed E-state index contributed by atoms with van der Waals surface area (Å²) in [5.74, 6) is 5.11. The molecule has 1 aromatic rings. The summed E-state index contributed by atoms with van der Waals surface area (Å²) < 4.78 is 6.06. The summed E-state index contributed by atoms with van der Waals surface area (Å²) in [6.45, 7) is 8.47. The standard InChI is InChI=1S/C31H43NO5S/c1-21-9-11-22(12-10-21)28(33)32(26-19-25(15-16-30(2,3)4)38-27(26)29(34)35)23-13-17-31(36,18-14-23)20-37-24-7-5-6-8-24/h9,19,22-24,36H,5-8,10-14,17-18,20H2,1-4H3,(H,34,35)/t22-,23-,31+/m1/s1. The van der Waals surface area contributed by atoms with Crippen LogP contribution in [0.2, 0.25) is 0 Å². The molecule has 38 heavy (non-hydrogen) atoms. The average molecular weight is 542 g/mol. The Balaban J connectivity index is 1.60. The minimum atomic E-state index is -1.04. The average Bonchev–Trinajstić information content (AvgIpc) is 3.53. The molecule has 0 aliphatic heterocycles. The summed E-state index contributed by atoms with van der Waals surface area (Å²) in [7, 11) is 0. The van der Waals surface area contributed by atoms with E-state index >= 15 is 0 Å². The summed E-state index contributed by atoms with van der Waals surface area (Å²) >= 11 is 1.14. The Bertz CT molecular complexity index is 1100. The number of anilines is 1. The maximum absolute atomic E-state index is 14.1. The minimum absolute atomic E-state index is 0.0120. The Labute approximate surface area is 231 Å². The number of amides is 1. The first-order chi connectivity index (χ1) is 17.9. The van der Waals surface area contributed by atoms with E-state index in [4.69, 9.17) is 4.74 Å². The number of aromatic carboxylic acids is 1. The molecule has 0 aromatic carbocycles. The lowest BCUT2D eigenvalue weighted by molar-refractivity contribution is -0.124. The number of ether oxygens (including phenoxy) is 1. The molecule has 2 N–H and O–H groups in total. The van der Waals surface area contributed by atoms with Crippen LogP contribution >= 0.6 is 11.3 Å². The van der Waals surface area contributed by atoms with Crippen molar-refractivity contribution in [2.75, 3.05) is 11.5 Å². The highest BCUT2D eigenvalue weighted by molar-refractivity contribution is 7.15. The van der Waals surface area contributed by atoms with Gasteiger partial charge >= 0.3 is 5.97 Å². The third-order valence-corrected chi connectivity index (χ3v) is 9.12. The normalized spacial score (nSPS) is 26.4. The lowest BCUT2D eigenvalue weighted by Crippen LogP contribution is -2.50. The Morgan fingerprint density at radius 2 is 1.84 bits per heavy atom. The summed E-state index contributed by atoms with van der Waals surface area (Å²) in [5.41, 5.74) is 0.636. The molecule has 0 radical (unpaired) electrons. The highest BCUT2D eigenvalue weighted by atomic mass is 32.1. The van der Waals surface area contributed by atoms with Crippen LogP contribution < -0.4 is 4.90 Å². The molecule has 0 spiro atoms. The minimum Gasteiger partial charge on any atom is -0.477 e. The number of rotatable bonds is 7. The van der Waals surface area contributed by atoms with Gasteiger partial charge in [0, 0.05) is 17.4 Å². The van der Waals surface area contributed by atoms with Crippen LogP contribution in [-0.2, 0) is 9.53 Å². The van der Waals surface area contributed by atoms with E-state index in [2.05, 4.69) is 24.8 Å². The highest BCUT2D eigenvalue weighted by Crippen LogP contribution is 2.40. The van der Waals surface area contributed by atoms with Crippen molar-refractivity contribution in [1.29, 1.82) is 0 Å². The summed E-state index contributed by atoms with van der Waals surface area (Å²) in [4.78, 5) is 29.0. The van der Waals surface area contributed by atoms with Crippen LogP contribution in [0.1, 0.15) is 113 Å². The number of carboxylic acid groups (broad SMARTS) is 1. The molecule has 0 bridgehead atoms. The Morgan fingerprint density at radius 3 is 2.42 bits per heavy atom. The molecule has 3 aliphatic rings. The topological polar surface area (TPSA) is 87.1 Å². The molecule has 2 saturated carbocycles. The summed E-state index contributed by atoms with van der Waals surface area (Å²) in [6.07, 6.45) is 11.5. The molecule has 3 aliphatic carbocycles. The van der Waals surface area contributed by atoms with Crippen molar-refractivity contribution < 1.29 is 24.5 Å². The molecule has 1 aromatic heterocycles. The number of carbonyl (C=O) groups is 2. The van der Waals surface area contributed by atoms with Crippen LogP contribution in [-0.4, -0.2) is 46.4 Å². The first-order valence-corrected chi connectivity index (χ1v) is 15.0. The number of carboxylic acids is 1. The van der Waals surface area contributed by atoms with Crippen molar-refractivity contribution in [3.63, 3.8) is 0 Å². The zero-order valence-corrected chi connectivity index (χ0v) is 24.2. The summed E-state index contributed by atoms with van der Waals surface area (Å²) in [6, 6.07) is 1.62. The highest BCUT2D eigenvalue weighted by Gasteiger charge is 2.41. The van der Waals surface area contributed by atoms with Gasteiger partial charge in [0.1, 0.15) is 4.88 Å². The van der Waals surface area contributed by atoms with Gasteiger partial charge in [-0.05, 0) is 91.5 Å². The molecule has 0 unspecified atom stereocenters. The van der Waals surface area contributed by atoms with Crippen molar-refractivity contribution in [2.24, 2.45) is 11.3 Å². The van der Waals surface area contributed by atoms with Gasteiger partial charge in [-0.3, -0.25) is 4.79 Å². The van der Waals surface area contributed by atoms with Gasteiger partial charge in [0.2, 0.25) is 5.91 Å². The van der Waals surface area contributed by atoms with Crippen molar-refractivity contribution in [3.05, 3.63) is 27.5 Å². The molecule has 1 amide bonds. The predicted molar refractivity (Wildman–Crippen MR) is 152 cm³/mol. The maximum atomic E-state index is 14.1. The zero-order valence-electron chi connectivity index (χ0n) is 23.3. The molecule has 2 fully saturated rings. The van der Waals surface area contributed by atoms with E-state index in [0.29, 0.717) is 49.3 Å². The molecule has 7 heteroatoms. The molecule has 0 saturated heterocycles. The molecule has 1 heterocycles. The van der Waals surface area contributed by atoms with Crippen LogP contribution in [0.3, 0.4) is 0 Å². The first kappa shape index (κ1) is 28.9. The molecule has 4 rings (SSSR count). The fourth-order valence-corrected chi connectivity index (χ4v) is 6.62. The van der Waals surface area contributed by atoms with E-state index in [1.807, 2.05) is 20.8 Å². The molecule has 1 atom stereocenters. The largest absolute Gasteiger partial charge is 0.477 e. The van der Waals surface area contributed by atoms with Crippen LogP contribution in [0.5, 0.6) is 0 Å². The SMILES string of the molecule is CC1=CC[C@@H](C(=O)N(c2cc(C#CC(C)(C)C)sc2C(=O)O)[C@H]2CC[C@](O)(COC3CCCC3)CC2)CC1. The van der Waals surface area contributed by atoms with Gasteiger partial charge in [-0.15, -0.1) is 11.3 Å². The van der Waals surface area contributed by atoms with Crippen LogP contribution in [0.25, 0.3) is 0 Å². The number of hydrogen-bond donors (Lipinski definition) is 2. The third-order valence-electron chi connectivity index (χ3n) is 8.09. The van der Waals surface area contributed by atoms with Crippen molar-refractivity contribution >= 4 is 28.9 Å². The number of carbonyl (C=O) groups excluding carboxylic acids is 1. The Hall–Kier alpha value is -2.14. The van der Waals surface area contributed by atoms with Crippen LogP contribution in [0.4, 0.5) is 5.69 Å². The van der Waals surface area contributed by atoms with Crippen molar-refractivity contribution in [2.45, 2.75) is 116 Å². The van der Waals surface area contributed by atoms with Gasteiger partial charge in [-0.1, -0.05) is 36.3 Å². The van der Waals surface area contributed by atoms with Gasteiger partial charge in [0.05, 0.1) is 28.9 Å². The van der Waals surface area contributed by atoms with E-state index in [0.717, 1.165) is 37.0 Å². The van der Waals surface area contributed by atoms with Crippen molar-refractivity contribution in [3.8, 4) is 11.8 Å².